The highest BCUT2D eigenvalue weighted by Gasteiger charge is 2.23. The maximum atomic E-state index is 5.54. The number of fused-ring (bicyclic) bond motifs is 1. The number of hydrogen-bond acceptors (Lipinski definition) is 4. The van der Waals surface area contributed by atoms with Crippen LogP contribution in [0.25, 0.3) is 0 Å². The second-order valence-corrected chi connectivity index (χ2v) is 5.36. The van der Waals surface area contributed by atoms with E-state index >= 15 is 0 Å². The number of hydrogen-bond donors (Lipinski definition) is 1. The van der Waals surface area contributed by atoms with Crippen molar-refractivity contribution in [2.75, 3.05) is 0 Å². The molecule has 0 aliphatic heterocycles. The zero-order valence-corrected chi connectivity index (χ0v) is 12.2. The molecule has 0 saturated heterocycles. The van der Waals surface area contributed by atoms with Gasteiger partial charge in [0.1, 0.15) is 11.5 Å². The summed E-state index contributed by atoms with van der Waals surface area (Å²) in [6, 6.07) is 2.49. The number of nitrogens with zero attached hydrogens (tertiary/aromatic N) is 1. The molecule has 0 saturated carbocycles. The van der Waals surface area contributed by atoms with Crippen LogP contribution in [0, 0.1) is 0 Å². The van der Waals surface area contributed by atoms with Gasteiger partial charge in [0.15, 0.2) is 0 Å². The van der Waals surface area contributed by atoms with E-state index in [1.807, 2.05) is 0 Å². The lowest BCUT2D eigenvalue weighted by atomic mass is 9.93. The van der Waals surface area contributed by atoms with Crippen LogP contribution in [-0.4, -0.2) is 5.16 Å². The maximum absolute atomic E-state index is 5.54. The van der Waals surface area contributed by atoms with Gasteiger partial charge < -0.3 is 14.3 Å². The number of aromatic nitrogens is 1. The smallest absolute Gasteiger partial charge is 0.141 e. The van der Waals surface area contributed by atoms with Gasteiger partial charge in [-0.25, -0.2) is 0 Å². The van der Waals surface area contributed by atoms with E-state index in [0.717, 1.165) is 43.0 Å². The molecule has 0 radical (unpaired) electrons. The summed E-state index contributed by atoms with van der Waals surface area (Å²) in [4.78, 5) is 0. The highest BCUT2D eigenvalue weighted by atomic mass is 16.5. The molecular weight excluding hydrogens is 252 g/mol. The van der Waals surface area contributed by atoms with Gasteiger partial charge in [-0.1, -0.05) is 19.0 Å². The second kappa shape index (κ2) is 5.83. The quantitative estimate of drug-likeness (QED) is 0.905. The molecule has 0 aromatic carbocycles. The Hall–Kier alpha value is -1.55. The van der Waals surface area contributed by atoms with Gasteiger partial charge in [-0.05, 0) is 25.3 Å². The summed E-state index contributed by atoms with van der Waals surface area (Å²) >= 11 is 0. The van der Waals surface area contributed by atoms with Crippen LogP contribution in [0.15, 0.2) is 21.3 Å². The van der Waals surface area contributed by atoms with Crippen LogP contribution < -0.4 is 5.32 Å². The third kappa shape index (κ3) is 2.40. The van der Waals surface area contributed by atoms with Crippen molar-refractivity contribution in [2.24, 2.45) is 0 Å². The summed E-state index contributed by atoms with van der Waals surface area (Å²) in [5.41, 5.74) is 3.65. The van der Waals surface area contributed by atoms with Crippen LogP contribution in [0.2, 0.25) is 0 Å². The van der Waals surface area contributed by atoms with Gasteiger partial charge in [0.2, 0.25) is 0 Å². The number of rotatable bonds is 5. The fourth-order valence-electron chi connectivity index (χ4n) is 3.06. The van der Waals surface area contributed by atoms with E-state index in [2.05, 4.69) is 30.4 Å². The Morgan fingerprint density at radius 2 is 2.25 bits per heavy atom. The highest BCUT2D eigenvalue weighted by molar-refractivity contribution is 5.26. The Morgan fingerprint density at radius 1 is 1.35 bits per heavy atom. The second-order valence-electron chi connectivity index (χ2n) is 5.36. The number of furan rings is 1. The van der Waals surface area contributed by atoms with E-state index < -0.39 is 0 Å². The summed E-state index contributed by atoms with van der Waals surface area (Å²) in [5.74, 6) is 2.16. The first-order valence-electron chi connectivity index (χ1n) is 7.59. The molecule has 108 valence electrons. The SMILES string of the molecule is CCc1noc(CC)c1CNC1CCCc2occc21. The standard InChI is InChI=1S/C16H22N2O2/c1-3-13-12(15(4-2)20-18-13)10-17-14-6-5-7-16-11(14)8-9-19-16/h8-9,14,17H,3-7,10H2,1-2H3. The normalized spacial score (nSPS) is 18.2. The lowest BCUT2D eigenvalue weighted by molar-refractivity contribution is 0.377. The molecule has 4 heteroatoms. The summed E-state index contributed by atoms with van der Waals surface area (Å²) in [7, 11) is 0. The fraction of sp³-hybridized carbons (Fsp3) is 0.562. The minimum Gasteiger partial charge on any atom is -0.469 e. The van der Waals surface area contributed by atoms with Crippen molar-refractivity contribution in [3.63, 3.8) is 0 Å². The Morgan fingerprint density at radius 3 is 3.05 bits per heavy atom. The monoisotopic (exact) mass is 274 g/mol. The molecule has 1 aliphatic rings. The van der Waals surface area contributed by atoms with Crippen LogP contribution in [0.3, 0.4) is 0 Å². The predicted octanol–water partition coefficient (Wildman–Crippen LogP) is 3.56. The van der Waals surface area contributed by atoms with E-state index in [9.17, 15) is 0 Å². The van der Waals surface area contributed by atoms with E-state index in [4.69, 9.17) is 8.94 Å². The zero-order valence-electron chi connectivity index (χ0n) is 12.2. The van der Waals surface area contributed by atoms with E-state index in [1.165, 1.54) is 24.0 Å². The predicted molar refractivity (Wildman–Crippen MR) is 76.5 cm³/mol. The van der Waals surface area contributed by atoms with Gasteiger partial charge in [-0.2, -0.15) is 0 Å². The van der Waals surface area contributed by atoms with Crippen molar-refractivity contribution in [2.45, 2.75) is 58.5 Å². The minimum absolute atomic E-state index is 0.391. The van der Waals surface area contributed by atoms with Crippen molar-refractivity contribution >= 4 is 0 Å². The Bertz CT molecular complexity index is 549. The Kier molecular flexibility index (Phi) is 3.92. The van der Waals surface area contributed by atoms with Crippen LogP contribution in [-0.2, 0) is 25.8 Å². The molecule has 4 nitrogen and oxygen atoms in total. The average molecular weight is 274 g/mol. The molecule has 20 heavy (non-hydrogen) atoms. The maximum Gasteiger partial charge on any atom is 0.141 e. The van der Waals surface area contributed by atoms with Gasteiger partial charge in [0.25, 0.3) is 0 Å². The van der Waals surface area contributed by atoms with Crippen molar-refractivity contribution in [3.8, 4) is 0 Å². The summed E-state index contributed by atoms with van der Waals surface area (Å²) < 4.78 is 11.0. The van der Waals surface area contributed by atoms with Crippen molar-refractivity contribution in [1.29, 1.82) is 0 Å². The molecule has 2 heterocycles. The van der Waals surface area contributed by atoms with E-state index in [0.29, 0.717) is 6.04 Å². The van der Waals surface area contributed by atoms with E-state index in [-0.39, 0.29) is 0 Å². The summed E-state index contributed by atoms with van der Waals surface area (Å²) in [5, 5.41) is 7.83. The first-order valence-corrected chi connectivity index (χ1v) is 7.59. The molecule has 0 spiro atoms. The Balaban J connectivity index is 1.73. The number of nitrogens with one attached hydrogen (secondary N) is 1. The summed E-state index contributed by atoms with van der Waals surface area (Å²) in [6.45, 7) is 5.05. The van der Waals surface area contributed by atoms with Crippen molar-refractivity contribution in [1.82, 2.24) is 10.5 Å². The zero-order chi connectivity index (χ0) is 13.9. The first-order chi connectivity index (χ1) is 9.83. The third-order valence-electron chi connectivity index (χ3n) is 4.18. The molecule has 1 aliphatic carbocycles. The molecule has 1 atom stereocenters. The molecule has 0 fully saturated rings. The molecular formula is C16H22N2O2. The van der Waals surface area contributed by atoms with Crippen LogP contribution in [0.5, 0.6) is 0 Å². The van der Waals surface area contributed by atoms with Gasteiger partial charge in [-0.15, -0.1) is 0 Å². The van der Waals surface area contributed by atoms with Crippen LogP contribution in [0.4, 0.5) is 0 Å². The Labute approximate surface area is 119 Å². The molecule has 3 rings (SSSR count). The lowest BCUT2D eigenvalue weighted by Gasteiger charge is -2.22. The largest absolute Gasteiger partial charge is 0.469 e. The lowest BCUT2D eigenvalue weighted by Crippen LogP contribution is -2.24. The topological polar surface area (TPSA) is 51.2 Å². The molecule has 0 amide bonds. The highest BCUT2D eigenvalue weighted by Crippen LogP contribution is 2.31. The van der Waals surface area contributed by atoms with Crippen molar-refractivity contribution < 1.29 is 8.94 Å². The van der Waals surface area contributed by atoms with Gasteiger partial charge in [0, 0.05) is 36.6 Å². The molecule has 1 unspecified atom stereocenters. The van der Waals surface area contributed by atoms with E-state index in [1.54, 1.807) is 6.26 Å². The molecule has 0 bridgehead atoms. The van der Waals surface area contributed by atoms with Crippen LogP contribution >= 0.6 is 0 Å². The van der Waals surface area contributed by atoms with Gasteiger partial charge >= 0.3 is 0 Å². The van der Waals surface area contributed by atoms with Gasteiger partial charge in [-0.3, -0.25) is 0 Å². The third-order valence-corrected chi connectivity index (χ3v) is 4.18. The van der Waals surface area contributed by atoms with Gasteiger partial charge in [0.05, 0.1) is 12.0 Å². The van der Waals surface area contributed by atoms with Crippen LogP contribution in [0.1, 0.15) is 61.1 Å². The summed E-state index contributed by atoms with van der Waals surface area (Å²) in [6.07, 6.45) is 7.03. The molecule has 2 aromatic heterocycles. The molecule has 1 N–H and O–H groups in total. The fourth-order valence-corrected chi connectivity index (χ4v) is 3.06. The average Bonchev–Trinajstić information content (AvgIpc) is 3.10. The minimum atomic E-state index is 0.391. The van der Waals surface area contributed by atoms with Crippen molar-refractivity contribution in [3.05, 3.63) is 40.7 Å². The first kappa shape index (κ1) is 13.4. The molecule has 2 aromatic rings. The number of aryl methyl sites for hydroxylation is 3.